The molecule has 3 saturated heterocycles. The van der Waals surface area contributed by atoms with E-state index >= 15 is 0 Å². The molecule has 4 fully saturated rings. The molecule has 0 radical (unpaired) electrons. The maximum Gasteiger partial charge on any atom is 0.225 e. The number of amides is 1. The van der Waals surface area contributed by atoms with Crippen LogP contribution in [0.1, 0.15) is 39.0 Å². The summed E-state index contributed by atoms with van der Waals surface area (Å²) in [4.78, 5) is 17.4. The average Bonchev–Trinajstić information content (AvgIpc) is 2.79. The number of halogens is 1. The molecule has 1 amide bonds. The molecule has 3 aliphatic heterocycles. The van der Waals surface area contributed by atoms with Gasteiger partial charge in [0, 0.05) is 37.8 Å². The van der Waals surface area contributed by atoms with Gasteiger partial charge in [0.1, 0.15) is 12.5 Å². The SMILES string of the molecule is C[C@@H]1CN2C3C(CC(F)CC3C(=O)N1)NC2N1CCCCC1. The van der Waals surface area contributed by atoms with Crippen LogP contribution in [-0.4, -0.2) is 65.9 Å². The summed E-state index contributed by atoms with van der Waals surface area (Å²) in [7, 11) is 0. The zero-order valence-corrected chi connectivity index (χ0v) is 13.3. The second kappa shape index (κ2) is 5.73. The first kappa shape index (κ1) is 14.8. The molecule has 0 aromatic carbocycles. The van der Waals surface area contributed by atoms with Crippen molar-refractivity contribution >= 4 is 5.91 Å². The van der Waals surface area contributed by atoms with Crippen LogP contribution in [0.5, 0.6) is 0 Å². The van der Waals surface area contributed by atoms with E-state index in [-0.39, 0.29) is 36.2 Å². The van der Waals surface area contributed by atoms with Crippen LogP contribution in [-0.2, 0) is 4.79 Å². The highest BCUT2D eigenvalue weighted by atomic mass is 19.1. The molecule has 22 heavy (non-hydrogen) atoms. The van der Waals surface area contributed by atoms with E-state index in [0.717, 1.165) is 19.6 Å². The van der Waals surface area contributed by atoms with E-state index < -0.39 is 6.17 Å². The molecule has 6 heteroatoms. The summed E-state index contributed by atoms with van der Waals surface area (Å²) >= 11 is 0. The molecule has 124 valence electrons. The van der Waals surface area contributed by atoms with Crippen LogP contribution in [0, 0.1) is 5.92 Å². The molecule has 4 aliphatic rings. The van der Waals surface area contributed by atoms with Crippen LogP contribution < -0.4 is 10.6 Å². The fraction of sp³-hybridized carbons (Fsp3) is 0.938. The second-order valence-electron chi connectivity index (χ2n) is 7.52. The van der Waals surface area contributed by atoms with Crippen molar-refractivity contribution in [2.75, 3.05) is 19.6 Å². The van der Waals surface area contributed by atoms with Crippen LogP contribution in [0.4, 0.5) is 4.39 Å². The Morgan fingerprint density at radius 2 is 1.95 bits per heavy atom. The quantitative estimate of drug-likeness (QED) is 0.747. The molecular weight excluding hydrogens is 283 g/mol. The Bertz CT molecular complexity index is 442. The molecule has 0 aromatic rings. The molecule has 0 bridgehead atoms. The maximum atomic E-state index is 14.1. The number of hydrogen-bond donors (Lipinski definition) is 2. The molecule has 0 spiro atoms. The number of nitrogens with zero attached hydrogens (tertiary/aromatic N) is 2. The third-order valence-electron chi connectivity index (χ3n) is 5.85. The van der Waals surface area contributed by atoms with Gasteiger partial charge in [0.2, 0.25) is 5.91 Å². The van der Waals surface area contributed by atoms with Crippen LogP contribution >= 0.6 is 0 Å². The predicted octanol–water partition coefficient (Wildman–Crippen LogP) is 0.665. The monoisotopic (exact) mass is 310 g/mol. The number of carbonyl (C=O) groups is 1. The lowest BCUT2D eigenvalue weighted by Gasteiger charge is -2.40. The first-order valence-electron chi connectivity index (χ1n) is 8.84. The first-order valence-corrected chi connectivity index (χ1v) is 8.84. The second-order valence-corrected chi connectivity index (χ2v) is 7.52. The van der Waals surface area contributed by atoms with Gasteiger partial charge < -0.3 is 5.32 Å². The molecular formula is C16H27FN4O. The normalized spacial score (nSPS) is 46.9. The van der Waals surface area contributed by atoms with Crippen molar-refractivity contribution in [1.82, 2.24) is 20.4 Å². The number of piperidine rings is 1. The summed E-state index contributed by atoms with van der Waals surface area (Å²) in [5.41, 5.74) is 0. The van der Waals surface area contributed by atoms with E-state index in [1.807, 2.05) is 0 Å². The minimum absolute atomic E-state index is 0.0495. The summed E-state index contributed by atoms with van der Waals surface area (Å²) in [6.07, 6.45) is 4.03. The van der Waals surface area contributed by atoms with Crippen LogP contribution in [0.3, 0.4) is 0 Å². The van der Waals surface area contributed by atoms with Gasteiger partial charge in [0.15, 0.2) is 0 Å². The molecule has 3 heterocycles. The highest BCUT2D eigenvalue weighted by Gasteiger charge is 2.54. The molecule has 1 saturated carbocycles. The maximum absolute atomic E-state index is 14.1. The van der Waals surface area contributed by atoms with Crippen molar-refractivity contribution in [3.63, 3.8) is 0 Å². The highest BCUT2D eigenvalue weighted by Crippen LogP contribution is 2.38. The lowest BCUT2D eigenvalue weighted by molar-refractivity contribution is -0.128. The van der Waals surface area contributed by atoms with Gasteiger partial charge in [0.25, 0.3) is 0 Å². The lowest BCUT2D eigenvalue weighted by atomic mass is 9.80. The zero-order valence-electron chi connectivity index (χ0n) is 13.3. The summed E-state index contributed by atoms with van der Waals surface area (Å²) in [5, 5.41) is 6.74. The van der Waals surface area contributed by atoms with Crippen molar-refractivity contribution in [3.8, 4) is 0 Å². The summed E-state index contributed by atoms with van der Waals surface area (Å²) in [6, 6.07) is 0.393. The Balaban J connectivity index is 1.63. The van der Waals surface area contributed by atoms with Crippen molar-refractivity contribution in [2.24, 2.45) is 5.92 Å². The van der Waals surface area contributed by atoms with Gasteiger partial charge in [-0.1, -0.05) is 6.42 Å². The van der Waals surface area contributed by atoms with Gasteiger partial charge in [-0.15, -0.1) is 0 Å². The van der Waals surface area contributed by atoms with E-state index in [4.69, 9.17) is 0 Å². The summed E-state index contributed by atoms with van der Waals surface area (Å²) in [5.74, 6) is -0.158. The minimum atomic E-state index is -0.861. The Morgan fingerprint density at radius 3 is 2.73 bits per heavy atom. The Morgan fingerprint density at radius 1 is 1.18 bits per heavy atom. The average molecular weight is 310 g/mol. The van der Waals surface area contributed by atoms with E-state index in [0.29, 0.717) is 12.8 Å². The van der Waals surface area contributed by atoms with Crippen molar-refractivity contribution < 1.29 is 9.18 Å². The molecule has 4 rings (SSSR count). The number of likely N-dealkylation sites (tertiary alicyclic amines) is 1. The lowest BCUT2D eigenvalue weighted by Crippen LogP contribution is -2.55. The standard InChI is InChI=1S/C16H27FN4O/c1-10-9-21-14-12(15(22)18-10)7-11(17)8-13(14)19-16(21)20-5-3-2-4-6-20/h10-14,16,19H,2-9H2,1H3,(H,18,22)/t10-,11?,12?,13?,14?,16?/m1/s1. The van der Waals surface area contributed by atoms with Gasteiger partial charge >= 0.3 is 0 Å². The molecule has 6 atom stereocenters. The van der Waals surface area contributed by atoms with Gasteiger partial charge in [-0.25, -0.2) is 4.39 Å². The largest absolute Gasteiger partial charge is 0.352 e. The summed E-state index contributed by atoms with van der Waals surface area (Å²) in [6.45, 7) is 5.12. The minimum Gasteiger partial charge on any atom is -0.352 e. The number of nitrogens with one attached hydrogen (secondary N) is 2. The predicted molar refractivity (Wildman–Crippen MR) is 81.9 cm³/mol. The summed E-state index contributed by atoms with van der Waals surface area (Å²) < 4.78 is 14.1. The molecule has 2 N–H and O–H groups in total. The molecule has 5 unspecified atom stereocenters. The number of hydrogen-bond acceptors (Lipinski definition) is 4. The van der Waals surface area contributed by atoms with Gasteiger partial charge in [-0.05, 0) is 32.6 Å². The van der Waals surface area contributed by atoms with Gasteiger partial charge in [0.05, 0.1) is 5.92 Å². The number of rotatable bonds is 1. The van der Waals surface area contributed by atoms with E-state index in [1.54, 1.807) is 0 Å². The van der Waals surface area contributed by atoms with Crippen LogP contribution in [0.25, 0.3) is 0 Å². The Kier molecular flexibility index (Phi) is 3.86. The fourth-order valence-corrected chi connectivity index (χ4v) is 4.96. The van der Waals surface area contributed by atoms with Crippen LogP contribution in [0.2, 0.25) is 0 Å². The molecule has 0 aromatic heterocycles. The van der Waals surface area contributed by atoms with Crippen molar-refractivity contribution in [1.29, 1.82) is 0 Å². The topological polar surface area (TPSA) is 47.6 Å². The highest BCUT2D eigenvalue weighted by molar-refractivity contribution is 5.80. The van der Waals surface area contributed by atoms with Gasteiger partial charge in [-0.2, -0.15) is 0 Å². The molecule has 5 nitrogen and oxygen atoms in total. The van der Waals surface area contributed by atoms with E-state index in [9.17, 15) is 9.18 Å². The smallest absolute Gasteiger partial charge is 0.225 e. The molecule has 1 aliphatic carbocycles. The number of carbonyl (C=O) groups excluding carboxylic acids is 1. The third-order valence-corrected chi connectivity index (χ3v) is 5.85. The number of alkyl halides is 1. The fourth-order valence-electron chi connectivity index (χ4n) is 4.96. The van der Waals surface area contributed by atoms with Crippen molar-refractivity contribution in [2.45, 2.75) is 69.6 Å². The Hall–Kier alpha value is -0.720. The van der Waals surface area contributed by atoms with E-state index in [2.05, 4.69) is 27.4 Å². The third kappa shape index (κ3) is 2.45. The van der Waals surface area contributed by atoms with Gasteiger partial charge in [-0.3, -0.25) is 19.9 Å². The van der Waals surface area contributed by atoms with Crippen LogP contribution in [0.15, 0.2) is 0 Å². The first-order chi connectivity index (χ1) is 10.6. The van der Waals surface area contributed by atoms with E-state index in [1.165, 1.54) is 19.3 Å². The van der Waals surface area contributed by atoms with Crippen molar-refractivity contribution in [3.05, 3.63) is 0 Å². The Labute approximate surface area is 131 Å². The zero-order chi connectivity index (χ0) is 15.3.